The molecule has 0 bridgehead atoms. The van der Waals surface area contributed by atoms with E-state index in [1.165, 1.54) is 0 Å². The molecule has 0 unspecified atom stereocenters. The molecule has 2 aliphatic heterocycles. The molecule has 0 spiro atoms. The van der Waals surface area contributed by atoms with E-state index in [4.69, 9.17) is 13.7 Å². The van der Waals surface area contributed by atoms with Crippen LogP contribution >= 0.6 is 0 Å². The number of ether oxygens (including phenoxy) is 2. The van der Waals surface area contributed by atoms with Crippen LogP contribution in [-0.4, -0.2) is 53.2 Å². The van der Waals surface area contributed by atoms with Crippen molar-refractivity contribution >= 4 is 10.1 Å². The lowest BCUT2D eigenvalue weighted by Gasteiger charge is -2.36. The van der Waals surface area contributed by atoms with Crippen LogP contribution in [0.4, 0.5) is 0 Å². The molecule has 2 aliphatic rings. The van der Waals surface area contributed by atoms with E-state index in [2.05, 4.69) is 13.2 Å². The van der Waals surface area contributed by atoms with Crippen molar-refractivity contribution in [1.82, 2.24) is 0 Å². The first-order valence-electron chi connectivity index (χ1n) is 12.2. The second-order valence-electron chi connectivity index (χ2n) is 9.57. The number of allylic oxidation sites excluding steroid dienone is 2. The molecule has 2 heterocycles. The molecule has 192 valence electrons. The van der Waals surface area contributed by atoms with Crippen molar-refractivity contribution in [2.24, 2.45) is 10.8 Å². The number of aliphatic hydroxyl groups excluding tert-OH is 1. The number of hydrogen-bond donors (Lipinski definition) is 1. The van der Waals surface area contributed by atoms with Gasteiger partial charge < -0.3 is 14.6 Å². The minimum Gasteiger partial charge on any atom is -0.396 e. The minimum atomic E-state index is -3.71. The number of aliphatic hydroxyl groups is 1. The Hall–Kier alpha value is -1.51. The summed E-state index contributed by atoms with van der Waals surface area (Å²) in [5, 5.41) is 9.28. The van der Waals surface area contributed by atoms with Gasteiger partial charge in [-0.05, 0) is 81.3 Å². The fourth-order valence-electron chi connectivity index (χ4n) is 4.35. The highest BCUT2D eigenvalue weighted by atomic mass is 32.2. The van der Waals surface area contributed by atoms with Crippen LogP contribution in [0.3, 0.4) is 0 Å². The summed E-state index contributed by atoms with van der Waals surface area (Å²) in [5.41, 5.74) is 1.02. The van der Waals surface area contributed by atoms with Crippen molar-refractivity contribution in [3.63, 3.8) is 0 Å². The van der Waals surface area contributed by atoms with Crippen LogP contribution in [0, 0.1) is 17.8 Å². The maximum Gasteiger partial charge on any atom is 0.296 e. The third-order valence-corrected chi connectivity index (χ3v) is 8.31. The normalized spacial score (nSPS) is 19.5. The number of aryl methyl sites for hydroxylation is 1. The lowest BCUT2D eigenvalue weighted by molar-refractivity contribution is -0.0200. The summed E-state index contributed by atoms with van der Waals surface area (Å²) in [4.78, 5) is 0.212. The van der Waals surface area contributed by atoms with E-state index in [0.29, 0.717) is 19.8 Å². The Morgan fingerprint density at radius 1 is 0.912 bits per heavy atom. The molecule has 0 aromatic heterocycles. The first kappa shape index (κ1) is 28.7. The Bertz CT molecular complexity index is 834. The van der Waals surface area contributed by atoms with E-state index in [-0.39, 0.29) is 22.3 Å². The van der Waals surface area contributed by atoms with E-state index < -0.39 is 10.1 Å². The molecule has 3 rings (SSSR count). The van der Waals surface area contributed by atoms with Crippen molar-refractivity contribution in [2.75, 3.05) is 39.6 Å². The van der Waals surface area contributed by atoms with E-state index in [1.54, 1.807) is 24.3 Å². The molecule has 0 radical (unpaired) electrons. The lowest BCUT2D eigenvalue weighted by Crippen LogP contribution is -2.35. The van der Waals surface area contributed by atoms with Gasteiger partial charge in [0.2, 0.25) is 0 Å². The van der Waals surface area contributed by atoms with Crippen LogP contribution in [0.15, 0.2) is 54.5 Å². The zero-order valence-electron chi connectivity index (χ0n) is 20.7. The molecule has 0 atom stereocenters. The average Bonchev–Trinajstić information content (AvgIpc) is 2.87. The predicted molar refractivity (Wildman–Crippen MR) is 135 cm³/mol. The van der Waals surface area contributed by atoms with Gasteiger partial charge in [-0.3, -0.25) is 4.18 Å². The molecule has 1 N–H and O–H groups in total. The molecule has 7 heteroatoms. The second kappa shape index (κ2) is 14.1. The van der Waals surface area contributed by atoms with Gasteiger partial charge in [0, 0.05) is 33.0 Å². The fourth-order valence-corrected chi connectivity index (χ4v) is 5.37. The van der Waals surface area contributed by atoms with Gasteiger partial charge in [0.15, 0.2) is 0 Å². The molecule has 0 saturated carbocycles. The monoisotopic (exact) mass is 494 g/mol. The highest BCUT2D eigenvalue weighted by molar-refractivity contribution is 7.86. The molecular formula is C27H42O6S. The van der Waals surface area contributed by atoms with E-state index in [9.17, 15) is 13.5 Å². The standard InChI is InChI=1S/C17H24O4S.C10H18O2/c1-3-4-9-17(10-12-20-13-11-17)14-21-22(18,19)16-7-5-15(2)6-8-16;1-2-3-4-10(9-11)5-7-12-8-6-10/h3,5-8H,1,4,9-14H2,2H3;2,11H,1,3-9H2. The van der Waals surface area contributed by atoms with Crippen LogP contribution in [0.2, 0.25) is 0 Å². The van der Waals surface area contributed by atoms with Crippen molar-refractivity contribution < 1.29 is 27.2 Å². The molecule has 0 aliphatic carbocycles. The summed E-state index contributed by atoms with van der Waals surface area (Å²) < 4.78 is 40.7. The molecule has 2 fully saturated rings. The fraction of sp³-hybridized carbons (Fsp3) is 0.630. The van der Waals surface area contributed by atoms with Gasteiger partial charge in [-0.1, -0.05) is 29.8 Å². The Morgan fingerprint density at radius 2 is 1.38 bits per heavy atom. The third-order valence-electron chi connectivity index (χ3n) is 7.03. The smallest absolute Gasteiger partial charge is 0.296 e. The van der Waals surface area contributed by atoms with Crippen molar-refractivity contribution in [3.8, 4) is 0 Å². The Balaban J connectivity index is 0.000000287. The predicted octanol–water partition coefficient (Wildman–Crippen LogP) is 5.21. The Labute approximate surface area is 206 Å². The van der Waals surface area contributed by atoms with E-state index in [1.807, 2.05) is 19.1 Å². The molecule has 0 amide bonds. The van der Waals surface area contributed by atoms with Crippen LogP contribution in [0.25, 0.3) is 0 Å². The third kappa shape index (κ3) is 8.93. The molecular weight excluding hydrogens is 452 g/mol. The highest BCUT2D eigenvalue weighted by Gasteiger charge is 2.34. The summed E-state index contributed by atoms with van der Waals surface area (Å²) in [7, 11) is -3.71. The summed E-state index contributed by atoms with van der Waals surface area (Å²) in [6.45, 7) is 12.8. The average molecular weight is 495 g/mol. The largest absolute Gasteiger partial charge is 0.396 e. The van der Waals surface area contributed by atoms with Crippen molar-refractivity contribution in [2.45, 2.75) is 63.2 Å². The van der Waals surface area contributed by atoms with Crippen LogP contribution in [0.5, 0.6) is 0 Å². The van der Waals surface area contributed by atoms with Gasteiger partial charge >= 0.3 is 0 Å². The highest BCUT2D eigenvalue weighted by Crippen LogP contribution is 2.37. The quantitative estimate of drug-likeness (QED) is 0.336. The molecule has 1 aromatic carbocycles. The molecule has 34 heavy (non-hydrogen) atoms. The number of benzene rings is 1. The molecule has 6 nitrogen and oxygen atoms in total. The van der Waals surface area contributed by atoms with Crippen molar-refractivity contribution in [1.29, 1.82) is 0 Å². The second-order valence-corrected chi connectivity index (χ2v) is 11.2. The van der Waals surface area contributed by atoms with Gasteiger partial charge in [0.25, 0.3) is 10.1 Å². The topological polar surface area (TPSA) is 82.1 Å². The van der Waals surface area contributed by atoms with Gasteiger partial charge in [-0.15, -0.1) is 13.2 Å². The SMILES string of the molecule is C=CCCC1(CO)CCOCC1.C=CCCC1(COS(=O)(=O)c2ccc(C)cc2)CCOCC1. The maximum absolute atomic E-state index is 12.3. The zero-order chi connectivity index (χ0) is 24.9. The van der Waals surface area contributed by atoms with Gasteiger partial charge in [0.1, 0.15) is 0 Å². The Morgan fingerprint density at radius 3 is 1.85 bits per heavy atom. The number of rotatable bonds is 11. The van der Waals surface area contributed by atoms with Gasteiger partial charge in [-0.25, -0.2) is 0 Å². The molecule has 2 saturated heterocycles. The van der Waals surface area contributed by atoms with Crippen LogP contribution in [0.1, 0.15) is 56.9 Å². The van der Waals surface area contributed by atoms with E-state index >= 15 is 0 Å². The molecule has 1 aromatic rings. The lowest BCUT2D eigenvalue weighted by atomic mass is 9.77. The summed E-state index contributed by atoms with van der Waals surface area (Å²) in [5.74, 6) is 0. The Kier molecular flexibility index (Phi) is 12.0. The summed E-state index contributed by atoms with van der Waals surface area (Å²) in [6, 6.07) is 6.73. The van der Waals surface area contributed by atoms with Gasteiger partial charge in [-0.2, -0.15) is 8.42 Å². The van der Waals surface area contributed by atoms with Crippen LogP contribution < -0.4 is 0 Å². The maximum atomic E-state index is 12.3. The van der Waals surface area contributed by atoms with Crippen LogP contribution in [-0.2, 0) is 23.8 Å². The zero-order valence-corrected chi connectivity index (χ0v) is 21.5. The number of hydrogen-bond acceptors (Lipinski definition) is 6. The summed E-state index contributed by atoms with van der Waals surface area (Å²) >= 11 is 0. The summed E-state index contributed by atoms with van der Waals surface area (Å²) in [6.07, 6.45) is 11.2. The minimum absolute atomic E-state index is 0.131. The van der Waals surface area contributed by atoms with Crippen molar-refractivity contribution in [3.05, 3.63) is 55.1 Å². The first-order chi connectivity index (χ1) is 16.3. The first-order valence-corrected chi connectivity index (χ1v) is 13.7. The van der Waals surface area contributed by atoms with Gasteiger partial charge in [0.05, 0.1) is 11.5 Å². The van der Waals surface area contributed by atoms with E-state index in [0.717, 1.165) is 70.1 Å².